The molecule has 130 valence electrons. The van der Waals surface area contributed by atoms with Gasteiger partial charge < -0.3 is 10.6 Å². The standard InChI is InChI=1S/C17H13F3N2O2S/c1-8-16(23)22-14-4-9(2-3-15(14)25-8)17(24)21-7-11-12(19)5-10(18)6-13(11)20/h2-6,8H,7H2,1H3,(H,21,24)(H,22,23). The second-order valence-corrected chi connectivity index (χ2v) is 6.87. The average molecular weight is 366 g/mol. The highest BCUT2D eigenvalue weighted by Crippen LogP contribution is 2.35. The van der Waals surface area contributed by atoms with Gasteiger partial charge in [-0.2, -0.15) is 0 Å². The lowest BCUT2D eigenvalue weighted by atomic mass is 10.1. The van der Waals surface area contributed by atoms with Gasteiger partial charge in [-0.3, -0.25) is 9.59 Å². The maximum Gasteiger partial charge on any atom is 0.251 e. The highest BCUT2D eigenvalue weighted by Gasteiger charge is 2.24. The van der Waals surface area contributed by atoms with Crippen molar-refractivity contribution in [2.45, 2.75) is 23.6 Å². The maximum atomic E-state index is 13.6. The molecule has 0 saturated heterocycles. The largest absolute Gasteiger partial charge is 0.348 e. The Balaban J connectivity index is 1.75. The topological polar surface area (TPSA) is 58.2 Å². The predicted molar refractivity (Wildman–Crippen MR) is 87.9 cm³/mol. The second kappa shape index (κ2) is 6.79. The number of fused-ring (bicyclic) bond motifs is 1. The Kier molecular flexibility index (Phi) is 4.71. The number of thioether (sulfide) groups is 1. The van der Waals surface area contributed by atoms with Crippen molar-refractivity contribution in [1.82, 2.24) is 5.32 Å². The van der Waals surface area contributed by atoms with Gasteiger partial charge in [0.2, 0.25) is 5.91 Å². The van der Waals surface area contributed by atoms with Crippen molar-refractivity contribution in [3.8, 4) is 0 Å². The van der Waals surface area contributed by atoms with Crippen molar-refractivity contribution in [2.24, 2.45) is 0 Å². The van der Waals surface area contributed by atoms with Crippen LogP contribution in [0.25, 0.3) is 0 Å². The van der Waals surface area contributed by atoms with E-state index in [1.165, 1.54) is 17.8 Å². The third-order valence-corrected chi connectivity index (χ3v) is 4.88. The molecule has 4 nitrogen and oxygen atoms in total. The first-order chi connectivity index (χ1) is 11.8. The number of hydrogen-bond acceptors (Lipinski definition) is 3. The molecule has 2 N–H and O–H groups in total. The molecule has 1 atom stereocenters. The number of nitrogens with one attached hydrogen (secondary N) is 2. The average Bonchev–Trinajstić information content (AvgIpc) is 2.54. The van der Waals surface area contributed by atoms with Crippen LogP contribution in [0.4, 0.5) is 18.9 Å². The number of carbonyl (C=O) groups excluding carboxylic acids is 2. The monoisotopic (exact) mass is 366 g/mol. The molecule has 0 aromatic heterocycles. The van der Waals surface area contributed by atoms with Gasteiger partial charge in [0.05, 0.1) is 10.9 Å². The van der Waals surface area contributed by atoms with E-state index in [-0.39, 0.29) is 16.7 Å². The Morgan fingerprint density at radius 1 is 1.20 bits per heavy atom. The molecule has 2 aromatic rings. The normalized spacial score (nSPS) is 16.2. The van der Waals surface area contributed by atoms with Crippen LogP contribution in [0, 0.1) is 17.5 Å². The third-order valence-electron chi connectivity index (χ3n) is 3.70. The molecule has 8 heteroatoms. The molecule has 1 aliphatic heterocycles. The van der Waals surface area contributed by atoms with E-state index in [9.17, 15) is 22.8 Å². The maximum absolute atomic E-state index is 13.6. The first-order valence-electron chi connectivity index (χ1n) is 7.38. The van der Waals surface area contributed by atoms with Crippen LogP contribution in [0.1, 0.15) is 22.8 Å². The van der Waals surface area contributed by atoms with Crippen molar-refractivity contribution in [2.75, 3.05) is 5.32 Å². The Morgan fingerprint density at radius 2 is 1.88 bits per heavy atom. The van der Waals surface area contributed by atoms with Crippen LogP contribution in [-0.4, -0.2) is 17.1 Å². The third kappa shape index (κ3) is 3.63. The summed E-state index contributed by atoms with van der Waals surface area (Å²) in [4.78, 5) is 24.7. The summed E-state index contributed by atoms with van der Waals surface area (Å²) in [6.07, 6.45) is 0. The summed E-state index contributed by atoms with van der Waals surface area (Å²) in [7, 11) is 0. The number of amides is 2. The number of anilines is 1. The molecule has 1 heterocycles. The zero-order chi connectivity index (χ0) is 18.1. The lowest BCUT2D eigenvalue weighted by Gasteiger charge is -2.21. The van der Waals surface area contributed by atoms with E-state index < -0.39 is 35.5 Å². The van der Waals surface area contributed by atoms with Crippen LogP contribution >= 0.6 is 11.8 Å². The van der Waals surface area contributed by atoms with Gasteiger partial charge in [0.25, 0.3) is 5.91 Å². The lowest BCUT2D eigenvalue weighted by molar-refractivity contribution is -0.115. The van der Waals surface area contributed by atoms with Crippen LogP contribution in [0.15, 0.2) is 35.2 Å². The lowest BCUT2D eigenvalue weighted by Crippen LogP contribution is -2.27. The molecule has 1 unspecified atom stereocenters. The summed E-state index contributed by atoms with van der Waals surface area (Å²) >= 11 is 1.38. The molecule has 2 aromatic carbocycles. The molecular formula is C17H13F3N2O2S. The molecular weight excluding hydrogens is 353 g/mol. The van der Waals surface area contributed by atoms with Gasteiger partial charge in [-0.15, -0.1) is 11.8 Å². The molecule has 0 radical (unpaired) electrons. The Hall–Kier alpha value is -2.48. The summed E-state index contributed by atoms with van der Waals surface area (Å²) < 4.78 is 40.1. The minimum atomic E-state index is -1.07. The zero-order valence-electron chi connectivity index (χ0n) is 13.0. The van der Waals surface area contributed by atoms with Crippen molar-refractivity contribution in [3.05, 3.63) is 58.9 Å². The van der Waals surface area contributed by atoms with Crippen LogP contribution in [0.5, 0.6) is 0 Å². The Labute approximate surface area is 145 Å². The summed E-state index contributed by atoms with van der Waals surface area (Å²) in [5, 5.41) is 4.86. The number of rotatable bonds is 3. The van der Waals surface area contributed by atoms with E-state index in [2.05, 4.69) is 10.6 Å². The van der Waals surface area contributed by atoms with Crippen LogP contribution in [-0.2, 0) is 11.3 Å². The molecule has 0 aliphatic carbocycles. The van der Waals surface area contributed by atoms with E-state index in [1.807, 2.05) is 0 Å². The van der Waals surface area contributed by atoms with Gasteiger partial charge >= 0.3 is 0 Å². The highest BCUT2D eigenvalue weighted by molar-refractivity contribution is 8.00. The molecule has 0 saturated carbocycles. The fourth-order valence-electron chi connectivity index (χ4n) is 2.36. The molecule has 0 bridgehead atoms. The van der Waals surface area contributed by atoms with Gasteiger partial charge in [0.1, 0.15) is 17.5 Å². The quantitative estimate of drug-likeness (QED) is 0.875. The van der Waals surface area contributed by atoms with Crippen LogP contribution in [0.3, 0.4) is 0 Å². The summed E-state index contributed by atoms with van der Waals surface area (Å²) in [5.41, 5.74) is 0.322. The number of halogens is 3. The van der Waals surface area contributed by atoms with Crippen molar-refractivity contribution < 1.29 is 22.8 Å². The number of benzene rings is 2. The first kappa shape index (κ1) is 17.3. The second-order valence-electron chi connectivity index (χ2n) is 5.49. The molecule has 25 heavy (non-hydrogen) atoms. The molecule has 0 spiro atoms. The minimum absolute atomic E-state index is 0.162. The van der Waals surface area contributed by atoms with Gasteiger partial charge in [-0.05, 0) is 25.1 Å². The van der Waals surface area contributed by atoms with Crippen LogP contribution < -0.4 is 10.6 Å². The molecule has 1 aliphatic rings. The van der Waals surface area contributed by atoms with Crippen molar-refractivity contribution in [1.29, 1.82) is 0 Å². The van der Waals surface area contributed by atoms with Gasteiger partial charge in [0.15, 0.2) is 0 Å². The van der Waals surface area contributed by atoms with Gasteiger partial charge in [-0.25, -0.2) is 13.2 Å². The fraction of sp³-hybridized carbons (Fsp3) is 0.176. The van der Waals surface area contributed by atoms with Gasteiger partial charge in [-0.1, -0.05) is 0 Å². The van der Waals surface area contributed by atoms with E-state index >= 15 is 0 Å². The van der Waals surface area contributed by atoms with Crippen molar-refractivity contribution in [3.63, 3.8) is 0 Å². The summed E-state index contributed by atoms with van der Waals surface area (Å²) in [6, 6.07) is 5.86. The van der Waals surface area contributed by atoms with E-state index in [0.717, 1.165) is 4.90 Å². The van der Waals surface area contributed by atoms with E-state index in [1.54, 1.807) is 19.1 Å². The molecule has 3 rings (SSSR count). The predicted octanol–water partition coefficient (Wildman–Crippen LogP) is 3.47. The fourth-order valence-corrected chi connectivity index (χ4v) is 3.29. The Bertz CT molecular complexity index is 850. The van der Waals surface area contributed by atoms with Crippen LogP contribution in [0.2, 0.25) is 0 Å². The molecule has 0 fully saturated rings. The Morgan fingerprint density at radius 3 is 2.56 bits per heavy atom. The SMILES string of the molecule is CC1Sc2ccc(C(=O)NCc3c(F)cc(F)cc3F)cc2NC1=O. The summed E-state index contributed by atoms with van der Waals surface area (Å²) in [5.74, 6) is -3.89. The van der Waals surface area contributed by atoms with Crippen molar-refractivity contribution >= 4 is 29.3 Å². The summed E-state index contributed by atoms with van der Waals surface area (Å²) in [6.45, 7) is 1.35. The number of carbonyl (C=O) groups is 2. The highest BCUT2D eigenvalue weighted by atomic mass is 32.2. The van der Waals surface area contributed by atoms with E-state index in [0.29, 0.717) is 17.8 Å². The minimum Gasteiger partial charge on any atom is -0.348 e. The van der Waals surface area contributed by atoms with Gasteiger partial charge in [0, 0.05) is 34.7 Å². The van der Waals surface area contributed by atoms with E-state index in [4.69, 9.17) is 0 Å². The zero-order valence-corrected chi connectivity index (χ0v) is 13.8. The number of hydrogen-bond donors (Lipinski definition) is 2. The first-order valence-corrected chi connectivity index (χ1v) is 8.26. The smallest absolute Gasteiger partial charge is 0.251 e. The molecule has 2 amide bonds.